The van der Waals surface area contributed by atoms with Crippen LogP contribution in [0.3, 0.4) is 0 Å². The number of carbonyl (C=O) groups is 3. The van der Waals surface area contributed by atoms with E-state index in [9.17, 15) is 14.4 Å². The molecule has 2 N–H and O–H groups in total. The van der Waals surface area contributed by atoms with Crippen molar-refractivity contribution in [3.05, 3.63) is 0 Å². The number of hydrazine groups is 1. The van der Waals surface area contributed by atoms with Crippen LogP contribution in [0.25, 0.3) is 0 Å². The smallest absolute Gasteiger partial charge is 0.243 e. The van der Waals surface area contributed by atoms with Gasteiger partial charge in [0, 0.05) is 24.9 Å². The fourth-order valence-corrected chi connectivity index (χ4v) is 4.91. The van der Waals surface area contributed by atoms with E-state index in [2.05, 4.69) is 24.7 Å². The number of nitrogens with one attached hydrogen (secondary N) is 2. The number of nitrogens with zero attached hydrogens (tertiary/aromatic N) is 1. The van der Waals surface area contributed by atoms with Crippen molar-refractivity contribution >= 4 is 17.7 Å². The molecule has 0 radical (unpaired) electrons. The Morgan fingerprint density at radius 1 is 0.885 bits per heavy atom. The lowest BCUT2D eigenvalue weighted by atomic mass is 9.77. The molecular weight excluding hydrogens is 330 g/mol. The first-order valence-corrected chi connectivity index (χ1v) is 10.4. The van der Waals surface area contributed by atoms with Crippen LogP contribution in [0.4, 0.5) is 0 Å². The average molecular weight is 364 g/mol. The molecule has 4 atom stereocenters. The van der Waals surface area contributed by atoms with Gasteiger partial charge >= 0.3 is 0 Å². The number of likely N-dealkylation sites (tertiary alicyclic amines) is 1. The van der Waals surface area contributed by atoms with Crippen molar-refractivity contribution in [2.75, 3.05) is 6.54 Å². The Kier molecular flexibility index (Phi) is 6.20. The van der Waals surface area contributed by atoms with Gasteiger partial charge in [-0.3, -0.25) is 25.2 Å². The summed E-state index contributed by atoms with van der Waals surface area (Å²) in [5.41, 5.74) is 5.15. The van der Waals surface area contributed by atoms with Crippen LogP contribution in [0.5, 0.6) is 0 Å². The number of hydrogen-bond acceptors (Lipinski definition) is 3. The lowest BCUT2D eigenvalue weighted by Crippen LogP contribution is -2.48. The molecule has 3 rings (SSSR count). The Bertz CT molecular complexity index is 544. The van der Waals surface area contributed by atoms with Crippen LogP contribution >= 0.6 is 0 Å². The minimum atomic E-state index is -0.362. The zero-order valence-corrected chi connectivity index (χ0v) is 16.1. The van der Waals surface area contributed by atoms with E-state index in [-0.39, 0.29) is 42.0 Å². The van der Waals surface area contributed by atoms with E-state index in [1.54, 1.807) is 0 Å². The van der Waals surface area contributed by atoms with Gasteiger partial charge in [0.15, 0.2) is 0 Å². The maximum absolute atomic E-state index is 12.5. The number of carbonyl (C=O) groups excluding carboxylic acids is 3. The fourth-order valence-electron chi connectivity index (χ4n) is 4.91. The van der Waals surface area contributed by atoms with Crippen molar-refractivity contribution in [3.63, 3.8) is 0 Å². The van der Waals surface area contributed by atoms with E-state index < -0.39 is 0 Å². The van der Waals surface area contributed by atoms with Gasteiger partial charge in [0.05, 0.1) is 5.92 Å². The van der Waals surface area contributed by atoms with Gasteiger partial charge < -0.3 is 4.90 Å². The summed E-state index contributed by atoms with van der Waals surface area (Å²) in [5, 5.41) is 0. The Labute approximate surface area is 156 Å². The van der Waals surface area contributed by atoms with Gasteiger partial charge in [-0.1, -0.05) is 46.0 Å². The molecule has 146 valence electrons. The van der Waals surface area contributed by atoms with Crippen LogP contribution < -0.4 is 10.9 Å². The molecule has 3 amide bonds. The molecule has 3 aliphatic rings. The fraction of sp³-hybridized carbons (Fsp3) is 0.850. The quantitative estimate of drug-likeness (QED) is 0.756. The van der Waals surface area contributed by atoms with Crippen LogP contribution in [0.15, 0.2) is 0 Å². The summed E-state index contributed by atoms with van der Waals surface area (Å²) in [6, 6.07) is 0.251. The number of hydrogen-bond donors (Lipinski definition) is 2. The van der Waals surface area contributed by atoms with Gasteiger partial charge in [-0.05, 0) is 31.1 Å². The summed E-state index contributed by atoms with van der Waals surface area (Å²) in [7, 11) is 0. The summed E-state index contributed by atoms with van der Waals surface area (Å²) in [6.07, 6.45) is 8.79. The van der Waals surface area contributed by atoms with Gasteiger partial charge in [-0.2, -0.15) is 0 Å². The third kappa shape index (κ3) is 4.21. The first-order valence-electron chi connectivity index (χ1n) is 10.4. The Morgan fingerprint density at radius 2 is 1.54 bits per heavy atom. The lowest BCUT2D eigenvalue weighted by Gasteiger charge is -2.40. The standard InChI is InChI=1S/C20H33N3O3/c1-13-7-6-10-17(14(13)2)23-12-16(11-18(23)24)20(26)22-21-19(25)15-8-4-3-5-9-15/h13-17H,3-12H2,1-2H3,(H,21,25)(H,22,26)/t13-,14-,16-,17+/m1/s1. The van der Waals surface area contributed by atoms with Crippen LogP contribution in [0.1, 0.15) is 71.6 Å². The van der Waals surface area contributed by atoms with Crippen molar-refractivity contribution in [1.29, 1.82) is 0 Å². The summed E-state index contributed by atoms with van der Waals surface area (Å²) in [5.74, 6) is 0.490. The molecule has 3 fully saturated rings. The highest BCUT2D eigenvalue weighted by Gasteiger charge is 2.41. The van der Waals surface area contributed by atoms with E-state index in [0.29, 0.717) is 18.4 Å². The van der Waals surface area contributed by atoms with Gasteiger partial charge in [-0.15, -0.1) is 0 Å². The molecule has 0 aromatic rings. The van der Waals surface area contributed by atoms with Crippen molar-refractivity contribution in [2.24, 2.45) is 23.7 Å². The second kappa shape index (κ2) is 8.40. The molecule has 2 aliphatic carbocycles. The molecule has 1 heterocycles. The Balaban J connectivity index is 1.49. The first kappa shape index (κ1) is 19.2. The molecule has 0 spiro atoms. The summed E-state index contributed by atoms with van der Waals surface area (Å²) in [6.45, 7) is 4.95. The van der Waals surface area contributed by atoms with Crippen LogP contribution in [-0.4, -0.2) is 35.2 Å². The third-order valence-electron chi connectivity index (χ3n) is 6.88. The Hall–Kier alpha value is -1.59. The molecule has 0 aromatic heterocycles. The topological polar surface area (TPSA) is 78.5 Å². The molecule has 2 saturated carbocycles. The van der Waals surface area contributed by atoms with Crippen molar-refractivity contribution in [1.82, 2.24) is 15.8 Å². The van der Waals surface area contributed by atoms with E-state index in [1.807, 2.05) is 4.90 Å². The predicted molar refractivity (Wildman–Crippen MR) is 98.6 cm³/mol. The molecule has 6 heteroatoms. The highest BCUT2D eigenvalue weighted by atomic mass is 16.2. The molecular formula is C20H33N3O3. The minimum absolute atomic E-state index is 0.00957. The number of rotatable bonds is 3. The van der Waals surface area contributed by atoms with Crippen molar-refractivity contribution in [3.8, 4) is 0 Å². The second-order valence-corrected chi connectivity index (χ2v) is 8.60. The van der Waals surface area contributed by atoms with Crippen molar-refractivity contribution < 1.29 is 14.4 Å². The SMILES string of the molecule is C[C@@H]1[C@H](C)CCC[C@@H]1N1C[C@H](C(=O)NNC(=O)C2CCCCC2)CC1=O. The van der Waals surface area contributed by atoms with Gasteiger partial charge in [0.25, 0.3) is 0 Å². The second-order valence-electron chi connectivity index (χ2n) is 8.60. The maximum Gasteiger partial charge on any atom is 0.243 e. The minimum Gasteiger partial charge on any atom is -0.339 e. The first-order chi connectivity index (χ1) is 12.5. The maximum atomic E-state index is 12.5. The van der Waals surface area contributed by atoms with Gasteiger partial charge in [-0.25, -0.2) is 0 Å². The highest BCUT2D eigenvalue weighted by molar-refractivity contribution is 5.90. The molecule has 0 bridgehead atoms. The Morgan fingerprint density at radius 3 is 2.23 bits per heavy atom. The molecule has 1 aliphatic heterocycles. The molecule has 0 aromatic carbocycles. The number of amides is 3. The van der Waals surface area contributed by atoms with E-state index >= 15 is 0 Å². The highest BCUT2D eigenvalue weighted by Crippen LogP contribution is 2.35. The van der Waals surface area contributed by atoms with Crippen LogP contribution in [-0.2, 0) is 14.4 Å². The predicted octanol–water partition coefficient (Wildman–Crippen LogP) is 2.39. The van der Waals surface area contributed by atoms with Crippen molar-refractivity contribution in [2.45, 2.75) is 77.7 Å². The molecule has 6 nitrogen and oxygen atoms in total. The summed E-state index contributed by atoms with van der Waals surface area (Å²) < 4.78 is 0. The molecule has 1 saturated heterocycles. The summed E-state index contributed by atoms with van der Waals surface area (Å²) in [4.78, 5) is 39.0. The van der Waals surface area contributed by atoms with Crippen LogP contribution in [0.2, 0.25) is 0 Å². The summed E-state index contributed by atoms with van der Waals surface area (Å²) >= 11 is 0. The third-order valence-corrected chi connectivity index (χ3v) is 6.88. The van der Waals surface area contributed by atoms with Gasteiger partial charge in [0.1, 0.15) is 0 Å². The van der Waals surface area contributed by atoms with E-state index in [0.717, 1.165) is 38.5 Å². The van der Waals surface area contributed by atoms with Crippen LogP contribution in [0, 0.1) is 23.7 Å². The lowest BCUT2D eigenvalue weighted by molar-refractivity contribution is -0.133. The normalized spacial score (nSPS) is 33.2. The zero-order chi connectivity index (χ0) is 18.7. The largest absolute Gasteiger partial charge is 0.339 e. The molecule has 26 heavy (non-hydrogen) atoms. The van der Waals surface area contributed by atoms with Gasteiger partial charge in [0.2, 0.25) is 17.7 Å². The van der Waals surface area contributed by atoms with E-state index in [1.165, 1.54) is 12.8 Å². The monoisotopic (exact) mass is 363 g/mol. The zero-order valence-electron chi connectivity index (χ0n) is 16.1. The van der Waals surface area contributed by atoms with E-state index in [4.69, 9.17) is 0 Å². The average Bonchev–Trinajstić information content (AvgIpc) is 3.04. The molecule has 0 unspecified atom stereocenters.